The summed E-state index contributed by atoms with van der Waals surface area (Å²) in [4.78, 5) is 31.7. The number of fused-ring (bicyclic) bond motifs is 1. The van der Waals surface area contributed by atoms with Crippen molar-refractivity contribution in [3.63, 3.8) is 0 Å². The molecule has 156 valence electrons. The van der Waals surface area contributed by atoms with Crippen LogP contribution in [0.15, 0.2) is 0 Å². The van der Waals surface area contributed by atoms with Gasteiger partial charge in [-0.15, -0.1) is 0 Å². The van der Waals surface area contributed by atoms with Crippen molar-refractivity contribution in [2.75, 3.05) is 39.3 Å². The molecule has 6 heteroatoms. The highest BCUT2D eigenvalue weighted by molar-refractivity contribution is 5.83. The lowest BCUT2D eigenvalue weighted by Crippen LogP contribution is -2.52. The lowest BCUT2D eigenvalue weighted by molar-refractivity contribution is -0.137. The van der Waals surface area contributed by atoms with Crippen molar-refractivity contribution >= 4 is 12.0 Å². The van der Waals surface area contributed by atoms with Gasteiger partial charge in [-0.3, -0.25) is 9.69 Å². The molecule has 5 aliphatic rings. The van der Waals surface area contributed by atoms with Crippen LogP contribution in [0.25, 0.3) is 0 Å². The molecule has 2 saturated carbocycles. The SMILES string of the molecule is CCOC(=O)N1CCC2(CC(N3CC4C(C(=O)N5CCCC[C@@H]5C)[C@H]4C3)C2)C1. The molecule has 5 fully saturated rings. The van der Waals surface area contributed by atoms with E-state index in [1.165, 1.54) is 32.1 Å². The van der Waals surface area contributed by atoms with E-state index in [-0.39, 0.29) is 6.09 Å². The minimum atomic E-state index is -0.140. The molecule has 6 nitrogen and oxygen atoms in total. The Balaban J connectivity index is 1.09. The van der Waals surface area contributed by atoms with Crippen molar-refractivity contribution < 1.29 is 14.3 Å². The minimum absolute atomic E-state index is 0.140. The van der Waals surface area contributed by atoms with E-state index in [1.54, 1.807) is 0 Å². The highest BCUT2D eigenvalue weighted by Crippen LogP contribution is 2.57. The first kappa shape index (κ1) is 18.7. The first-order valence-electron chi connectivity index (χ1n) is 11.5. The molecule has 0 aromatic carbocycles. The van der Waals surface area contributed by atoms with Gasteiger partial charge in [0.05, 0.1) is 6.61 Å². The zero-order valence-corrected chi connectivity index (χ0v) is 17.4. The number of likely N-dealkylation sites (tertiary alicyclic amines) is 3. The minimum Gasteiger partial charge on any atom is -0.450 e. The van der Waals surface area contributed by atoms with E-state index in [2.05, 4.69) is 16.7 Å². The second-order valence-corrected chi connectivity index (χ2v) is 10.1. The molecule has 0 bridgehead atoms. The van der Waals surface area contributed by atoms with Crippen LogP contribution < -0.4 is 0 Å². The summed E-state index contributed by atoms with van der Waals surface area (Å²) in [5.41, 5.74) is 0.336. The van der Waals surface area contributed by atoms with Crippen LogP contribution in [-0.2, 0) is 9.53 Å². The topological polar surface area (TPSA) is 53.1 Å². The van der Waals surface area contributed by atoms with Gasteiger partial charge in [-0.05, 0) is 69.6 Å². The number of hydrogen-bond acceptors (Lipinski definition) is 4. The zero-order valence-electron chi connectivity index (χ0n) is 17.4. The summed E-state index contributed by atoms with van der Waals surface area (Å²) in [6, 6.07) is 1.11. The van der Waals surface area contributed by atoms with Crippen LogP contribution in [0.3, 0.4) is 0 Å². The van der Waals surface area contributed by atoms with Crippen molar-refractivity contribution in [2.45, 2.75) is 64.5 Å². The zero-order chi connectivity index (χ0) is 19.5. The fourth-order valence-electron chi connectivity index (χ4n) is 6.68. The van der Waals surface area contributed by atoms with E-state index < -0.39 is 0 Å². The summed E-state index contributed by atoms with van der Waals surface area (Å²) < 4.78 is 5.17. The summed E-state index contributed by atoms with van der Waals surface area (Å²) in [7, 11) is 0. The molecule has 2 unspecified atom stereocenters. The fourth-order valence-corrected chi connectivity index (χ4v) is 6.68. The number of carbonyl (C=O) groups excluding carboxylic acids is 2. The Hall–Kier alpha value is -1.30. The van der Waals surface area contributed by atoms with Gasteiger partial charge in [-0.1, -0.05) is 0 Å². The molecule has 0 N–H and O–H groups in total. The maximum Gasteiger partial charge on any atom is 0.409 e. The van der Waals surface area contributed by atoms with Gasteiger partial charge in [0.2, 0.25) is 5.91 Å². The molecule has 0 aromatic rings. The van der Waals surface area contributed by atoms with Crippen LogP contribution in [0, 0.1) is 23.2 Å². The molecule has 3 saturated heterocycles. The Morgan fingerprint density at radius 3 is 2.54 bits per heavy atom. The van der Waals surface area contributed by atoms with Crippen molar-refractivity contribution in [2.24, 2.45) is 23.2 Å². The van der Waals surface area contributed by atoms with Gasteiger partial charge in [-0.25, -0.2) is 4.79 Å². The Kier molecular flexibility index (Phi) is 4.61. The van der Waals surface area contributed by atoms with E-state index in [1.807, 2.05) is 11.8 Å². The Labute approximate surface area is 168 Å². The molecule has 2 amide bonds. The van der Waals surface area contributed by atoms with Crippen LogP contribution in [0.2, 0.25) is 0 Å². The largest absolute Gasteiger partial charge is 0.450 e. The van der Waals surface area contributed by atoms with Crippen molar-refractivity contribution in [3.05, 3.63) is 0 Å². The quantitative estimate of drug-likeness (QED) is 0.744. The molecule has 3 heterocycles. The normalized spacial score (nSPS) is 42.4. The third-order valence-corrected chi connectivity index (χ3v) is 8.41. The molecular formula is C22H35N3O3. The predicted molar refractivity (Wildman–Crippen MR) is 106 cm³/mol. The average molecular weight is 390 g/mol. The third-order valence-electron chi connectivity index (χ3n) is 8.41. The molecule has 0 radical (unpaired) electrons. The van der Waals surface area contributed by atoms with E-state index in [9.17, 15) is 9.59 Å². The third kappa shape index (κ3) is 3.03. The van der Waals surface area contributed by atoms with Gasteiger partial charge in [-0.2, -0.15) is 0 Å². The van der Waals surface area contributed by atoms with Gasteiger partial charge in [0.15, 0.2) is 0 Å². The Morgan fingerprint density at radius 2 is 1.86 bits per heavy atom. The monoisotopic (exact) mass is 389 g/mol. The number of carbonyl (C=O) groups is 2. The highest BCUT2D eigenvalue weighted by atomic mass is 16.6. The molecule has 5 rings (SSSR count). The van der Waals surface area contributed by atoms with Gasteiger partial charge >= 0.3 is 6.09 Å². The average Bonchev–Trinajstić information content (AvgIpc) is 3.00. The van der Waals surface area contributed by atoms with Crippen LogP contribution in [0.1, 0.15) is 52.4 Å². The molecular weight excluding hydrogens is 354 g/mol. The first-order chi connectivity index (χ1) is 13.5. The summed E-state index contributed by atoms with van der Waals surface area (Å²) >= 11 is 0. The Bertz CT molecular complexity index is 635. The maximum absolute atomic E-state index is 13.0. The van der Waals surface area contributed by atoms with Gasteiger partial charge in [0.25, 0.3) is 0 Å². The van der Waals surface area contributed by atoms with Crippen molar-refractivity contribution in [1.82, 2.24) is 14.7 Å². The van der Waals surface area contributed by atoms with Crippen molar-refractivity contribution in [3.8, 4) is 0 Å². The maximum atomic E-state index is 13.0. The number of nitrogens with zero attached hydrogens (tertiary/aromatic N) is 3. The summed E-state index contributed by atoms with van der Waals surface area (Å²) in [6.07, 6.45) is 7.03. The van der Waals surface area contributed by atoms with Gasteiger partial charge < -0.3 is 14.5 Å². The summed E-state index contributed by atoms with van der Waals surface area (Å²) in [6.45, 7) is 9.47. The predicted octanol–water partition coefficient (Wildman–Crippen LogP) is 2.58. The lowest BCUT2D eigenvalue weighted by Gasteiger charge is -2.49. The first-order valence-corrected chi connectivity index (χ1v) is 11.5. The molecule has 1 spiro atoms. The second-order valence-electron chi connectivity index (χ2n) is 10.1. The summed E-state index contributed by atoms with van der Waals surface area (Å²) in [5.74, 6) is 1.99. The van der Waals surface area contributed by atoms with Crippen molar-refractivity contribution in [1.29, 1.82) is 0 Å². The van der Waals surface area contributed by atoms with Crippen LogP contribution >= 0.6 is 0 Å². The number of amides is 2. The molecule has 3 aliphatic heterocycles. The van der Waals surface area contributed by atoms with Crippen LogP contribution in [-0.4, -0.2) is 78.1 Å². The second kappa shape index (κ2) is 6.89. The summed E-state index contributed by atoms with van der Waals surface area (Å²) in [5, 5.41) is 0. The number of rotatable bonds is 3. The molecule has 0 aromatic heterocycles. The molecule has 4 atom stereocenters. The number of ether oxygens (including phenoxy) is 1. The van der Waals surface area contributed by atoms with E-state index in [0.29, 0.717) is 47.8 Å². The van der Waals surface area contributed by atoms with E-state index in [0.717, 1.165) is 39.1 Å². The standard InChI is InChI=1S/C22H35N3O3/c1-3-28-21(27)23-9-7-22(14-23)10-16(11-22)24-12-17-18(13-24)19(17)20(26)25-8-5-4-6-15(25)2/h15-19H,3-14H2,1-2H3/t15-,16?,17-,18?,19?,22?/m0/s1. The highest BCUT2D eigenvalue weighted by Gasteiger charge is 2.63. The smallest absolute Gasteiger partial charge is 0.409 e. The fraction of sp³-hybridized carbons (Fsp3) is 0.909. The van der Waals surface area contributed by atoms with E-state index >= 15 is 0 Å². The number of hydrogen-bond donors (Lipinski definition) is 0. The molecule has 28 heavy (non-hydrogen) atoms. The lowest BCUT2D eigenvalue weighted by atomic mass is 9.64. The van der Waals surface area contributed by atoms with Crippen LogP contribution in [0.5, 0.6) is 0 Å². The van der Waals surface area contributed by atoms with Gasteiger partial charge in [0.1, 0.15) is 0 Å². The van der Waals surface area contributed by atoms with Crippen LogP contribution in [0.4, 0.5) is 4.79 Å². The molecule has 2 aliphatic carbocycles. The van der Waals surface area contributed by atoms with E-state index in [4.69, 9.17) is 4.74 Å². The van der Waals surface area contributed by atoms with Gasteiger partial charge in [0, 0.05) is 50.7 Å². The number of piperidine rings is 2. The Morgan fingerprint density at radius 1 is 1.11 bits per heavy atom.